The van der Waals surface area contributed by atoms with Crippen LogP contribution < -0.4 is 0 Å². The van der Waals surface area contributed by atoms with Gasteiger partial charge in [-0.15, -0.1) is 0 Å². The second kappa shape index (κ2) is 30.4. The maximum Gasteiger partial charge on any atom is 0.118 e. The zero-order chi connectivity index (χ0) is 71.7. The first-order valence-corrected chi connectivity index (χ1v) is 35.4. The van der Waals surface area contributed by atoms with E-state index in [9.17, 15) is 97.0 Å². The molecule has 8 aliphatic rings. The van der Waals surface area contributed by atoms with Gasteiger partial charge in [-0.05, 0) is 128 Å². The first-order chi connectivity index (χ1) is 44.5. The van der Waals surface area contributed by atoms with Gasteiger partial charge in [0.25, 0.3) is 0 Å². The topological polar surface area (TPSA) is 449 Å². The second-order valence-electron chi connectivity index (χ2n) is 33.9. The molecule has 0 radical (unpaired) electrons. The quantitative estimate of drug-likeness (QED) is 0.0467. The zero-order valence-corrected chi connectivity index (χ0v) is 58.9. The molecule has 35 atom stereocenters. The number of fused-ring (bicyclic) bond motifs is 3. The van der Waals surface area contributed by atoms with Crippen LogP contribution in [0.5, 0.6) is 0 Å². The first-order valence-electron chi connectivity index (χ1n) is 35.4. The highest BCUT2D eigenvalue weighted by molar-refractivity contribution is 5.29. The van der Waals surface area contributed by atoms with Gasteiger partial charge in [0.05, 0.1) is 106 Å². The van der Waals surface area contributed by atoms with Crippen molar-refractivity contribution in [1.29, 1.82) is 0 Å². The third-order valence-corrected chi connectivity index (χ3v) is 26.0. The summed E-state index contributed by atoms with van der Waals surface area (Å²) in [4.78, 5) is 0. The van der Waals surface area contributed by atoms with E-state index in [0.29, 0.717) is 25.7 Å². The van der Waals surface area contributed by atoms with Crippen molar-refractivity contribution in [2.24, 2.45) is 74.9 Å². The highest BCUT2D eigenvalue weighted by Gasteiger charge is 2.63. The normalized spacial score (nSPS) is 50.2. The van der Waals surface area contributed by atoms with Gasteiger partial charge < -0.3 is 130 Å². The van der Waals surface area contributed by atoms with Crippen molar-refractivity contribution in [2.45, 2.75) is 292 Å². The number of hydrogen-bond acceptors (Lipinski definition) is 26. The summed E-state index contributed by atoms with van der Waals surface area (Å²) in [6, 6.07) is 0. The van der Waals surface area contributed by atoms with Gasteiger partial charge in [-0.1, -0.05) is 67.0 Å². The van der Waals surface area contributed by atoms with Crippen molar-refractivity contribution in [3.63, 3.8) is 0 Å². The van der Waals surface area contributed by atoms with Crippen molar-refractivity contribution < 1.29 is 130 Å². The molecule has 7 fully saturated rings. The number of hydrogen-bond donors (Lipinski definition) is 19. The maximum absolute atomic E-state index is 12.7. The van der Waals surface area contributed by atoms with Crippen molar-refractivity contribution in [3.8, 4) is 0 Å². The Hall–Kier alpha value is -1.30. The third-order valence-electron chi connectivity index (χ3n) is 26.0. The van der Waals surface area contributed by atoms with Gasteiger partial charge in [0, 0.05) is 52.6 Å². The SMILES string of the molecule is CC(CCC(OC[C@@]1(C)OC(COC[C@@]2(C)OC(CO)[C@@H](O)C(O)[C@H]2O)[C@@H](O)C(O)[C@H]1O[C@@]1(C)CC(CO)[C@@H](O)C(O)[C@H]1O)C(C)(C)O)[C@H](C)C1CC(O)[C@]2(C)C3CCC(OC[C@]4(C)CC(COC[C@]5(C)CC(CO)[C@H](O)[C@H](O)C5O)[C@H](O)[C@H](O)C4O)C(C)(C)C3=CCC2[C@H]1C. The third kappa shape index (κ3) is 15.3. The van der Waals surface area contributed by atoms with Gasteiger partial charge in [-0.25, -0.2) is 0 Å². The molecule has 8 rings (SSSR count). The Morgan fingerprint density at radius 2 is 1.09 bits per heavy atom. The summed E-state index contributed by atoms with van der Waals surface area (Å²) in [5.41, 5.74) is -8.32. The summed E-state index contributed by atoms with van der Waals surface area (Å²) in [7, 11) is 0. The summed E-state index contributed by atoms with van der Waals surface area (Å²) in [5, 5.41) is 209. The molecule has 5 saturated carbocycles. The highest BCUT2D eigenvalue weighted by Crippen LogP contribution is 2.64. The van der Waals surface area contributed by atoms with Crippen LogP contribution in [-0.2, 0) is 33.2 Å². The molecule has 0 spiro atoms. The lowest BCUT2D eigenvalue weighted by Gasteiger charge is -2.62. The Labute approximate surface area is 566 Å². The standard InChI is InChI=1S/C70H124O26/c1-33(14-18-47(64(6,7)89)93-32-69(12)62(96-67(10)23-37(25-72)49(76)55(82)60(67)87)57(84)52(79)44(95-69)28-91-31-68(11)61(88)56(83)51(78)43(26-73)94-68)34(2)39-20-45(74)70(13)40(35(39)3)15-16-41-42(70)17-19-46(63(41,4)5)92-30-66(9)22-38(50(77)54(81)59(66)86)27-90-29-65(8)21-36(24-71)48(75)53(80)58(65)85/h16,33-40,42-62,71-89H,14-15,17-32H2,1-13H3/t33?,34-,35-,36?,37?,38?,39?,40?,42?,43?,44?,45?,46?,47?,48-,49+,50-,51+,52+,53-,54-,55?,56?,57?,58?,59?,60+,61+,62+,65-,66-,67-,68+,69+,70-/m0/s1. The Bertz CT molecular complexity index is 2540. The lowest BCUT2D eigenvalue weighted by atomic mass is 9.44. The van der Waals surface area contributed by atoms with E-state index in [-0.39, 0.29) is 93.9 Å². The van der Waals surface area contributed by atoms with Crippen LogP contribution in [-0.4, -0.2) is 301 Å². The Kier molecular flexibility index (Phi) is 25.5. The number of rotatable bonds is 25. The van der Waals surface area contributed by atoms with E-state index >= 15 is 0 Å². The molecule has 2 aliphatic heterocycles. The van der Waals surface area contributed by atoms with Crippen LogP contribution >= 0.6 is 0 Å². The van der Waals surface area contributed by atoms with Crippen molar-refractivity contribution in [1.82, 2.24) is 0 Å². The predicted molar refractivity (Wildman–Crippen MR) is 345 cm³/mol. The monoisotopic (exact) mass is 1380 g/mol. The molecular weight excluding hydrogens is 1260 g/mol. The molecule has 26 nitrogen and oxygen atoms in total. The second-order valence-corrected chi connectivity index (χ2v) is 33.9. The summed E-state index contributed by atoms with van der Waals surface area (Å²) in [6.45, 7) is 21.5. The fraction of sp³-hybridized carbons (Fsp3) is 0.971. The molecule has 6 aliphatic carbocycles. The molecule has 0 bridgehead atoms. The van der Waals surface area contributed by atoms with E-state index in [1.807, 2.05) is 6.92 Å². The minimum absolute atomic E-state index is 0.0327. The molecule has 96 heavy (non-hydrogen) atoms. The van der Waals surface area contributed by atoms with Crippen molar-refractivity contribution in [2.75, 3.05) is 59.5 Å². The van der Waals surface area contributed by atoms with Gasteiger partial charge in [0.2, 0.25) is 0 Å². The first kappa shape index (κ1) is 80.4. The molecule has 2 saturated heterocycles. The maximum atomic E-state index is 12.7. The molecule has 19 N–H and O–H groups in total. The average Bonchev–Trinajstić information content (AvgIpc) is 0.714. The minimum Gasteiger partial charge on any atom is -0.396 e. The summed E-state index contributed by atoms with van der Waals surface area (Å²) in [6.07, 6.45) is -21.4. The minimum atomic E-state index is -1.80. The smallest absolute Gasteiger partial charge is 0.118 e. The molecule has 0 aromatic rings. The molecule has 0 amide bonds. The summed E-state index contributed by atoms with van der Waals surface area (Å²) >= 11 is 0. The lowest BCUT2D eigenvalue weighted by Crippen LogP contribution is -2.70. The van der Waals surface area contributed by atoms with Crippen LogP contribution in [0.1, 0.15) is 148 Å². The summed E-state index contributed by atoms with van der Waals surface area (Å²) < 4.78 is 44.5. The van der Waals surface area contributed by atoms with Crippen LogP contribution in [0.15, 0.2) is 11.6 Å². The number of aliphatic hydroxyl groups excluding tert-OH is 18. The van der Waals surface area contributed by atoms with Crippen LogP contribution in [0.4, 0.5) is 0 Å². The largest absolute Gasteiger partial charge is 0.396 e. The highest BCUT2D eigenvalue weighted by atomic mass is 16.6. The number of allylic oxidation sites excluding steroid dienone is 1. The Morgan fingerprint density at radius 3 is 1.69 bits per heavy atom. The van der Waals surface area contributed by atoms with Gasteiger partial charge in [0.1, 0.15) is 84.4 Å². The van der Waals surface area contributed by atoms with E-state index in [0.717, 1.165) is 12.8 Å². The number of ether oxygens (including phenoxy) is 7. The van der Waals surface area contributed by atoms with Crippen LogP contribution in [0.3, 0.4) is 0 Å². The Balaban J connectivity index is 0.914. The zero-order valence-electron chi connectivity index (χ0n) is 58.9. The molecule has 17 unspecified atom stereocenters. The van der Waals surface area contributed by atoms with Gasteiger partial charge in [-0.3, -0.25) is 0 Å². The fourth-order valence-electron chi connectivity index (χ4n) is 19.1. The lowest BCUT2D eigenvalue weighted by molar-refractivity contribution is -0.335. The molecule has 0 aromatic heterocycles. The van der Waals surface area contributed by atoms with E-state index in [4.69, 9.17) is 33.2 Å². The Morgan fingerprint density at radius 1 is 0.562 bits per heavy atom. The van der Waals surface area contributed by atoms with Crippen LogP contribution in [0.25, 0.3) is 0 Å². The molecule has 0 aromatic carbocycles. The van der Waals surface area contributed by atoms with Gasteiger partial charge >= 0.3 is 0 Å². The molecular formula is C70H124O26. The van der Waals surface area contributed by atoms with Crippen LogP contribution in [0.2, 0.25) is 0 Å². The van der Waals surface area contributed by atoms with Crippen LogP contribution in [0, 0.1) is 74.9 Å². The average molecular weight is 1380 g/mol. The van der Waals surface area contributed by atoms with Gasteiger partial charge in [0.15, 0.2) is 0 Å². The van der Waals surface area contributed by atoms with E-state index in [1.165, 1.54) is 19.4 Å². The van der Waals surface area contributed by atoms with E-state index in [1.54, 1.807) is 27.7 Å². The molecule has 26 heteroatoms. The van der Waals surface area contributed by atoms with E-state index in [2.05, 4.69) is 47.6 Å². The van der Waals surface area contributed by atoms with Crippen molar-refractivity contribution in [3.05, 3.63) is 11.6 Å². The van der Waals surface area contributed by atoms with Crippen molar-refractivity contribution >= 4 is 0 Å². The van der Waals surface area contributed by atoms with Gasteiger partial charge in [-0.2, -0.15) is 0 Å². The van der Waals surface area contributed by atoms with E-state index < -0.39 is 204 Å². The summed E-state index contributed by atoms with van der Waals surface area (Å²) in [5.74, 6) is -1.57. The predicted octanol–water partition coefficient (Wildman–Crippen LogP) is -1.42. The molecule has 560 valence electrons. The fourth-order valence-corrected chi connectivity index (χ4v) is 19.1. The molecule has 2 heterocycles. The number of aliphatic hydroxyl groups is 19.